The maximum Gasteiger partial charge on any atom is 0.150 e. The molecule has 0 aliphatic carbocycles. The molecule has 0 spiro atoms. The number of thioether (sulfide) groups is 1. The zero-order chi connectivity index (χ0) is 20.7. The zero-order valence-corrected chi connectivity index (χ0v) is 18.2. The standard InChI is InChI=1S/C15H19N3O2S.C6H10OS/c16-14-9-17-18(10-14)15(12-5-2-1-3-6-12)13-7-4-8-21(19,20)11-13;7-4-6-2-1-3-8-5-6/h1-3,5-6,9-10,13,15H,4,7-8,11,16H2;4,6H,1-3,5H2. The Bertz CT molecular complexity index is 878. The van der Waals surface area contributed by atoms with E-state index in [2.05, 4.69) is 5.10 Å². The molecular weight excluding hydrogens is 406 g/mol. The van der Waals surface area contributed by atoms with Crippen LogP contribution in [0.15, 0.2) is 42.7 Å². The molecule has 0 bridgehead atoms. The van der Waals surface area contributed by atoms with Gasteiger partial charge in [-0.2, -0.15) is 16.9 Å². The molecular formula is C21H29N3O3S2. The molecule has 158 valence electrons. The normalized spacial score (nSPS) is 24.7. The number of benzene rings is 1. The molecule has 1 aromatic heterocycles. The summed E-state index contributed by atoms with van der Waals surface area (Å²) in [6.45, 7) is 0. The van der Waals surface area contributed by atoms with Crippen molar-refractivity contribution in [3.8, 4) is 0 Å². The van der Waals surface area contributed by atoms with Gasteiger partial charge in [-0.1, -0.05) is 30.3 Å². The molecule has 0 saturated carbocycles. The molecule has 2 N–H and O–H groups in total. The van der Waals surface area contributed by atoms with Gasteiger partial charge in [-0.05, 0) is 42.9 Å². The fourth-order valence-electron chi connectivity index (χ4n) is 3.98. The molecule has 4 rings (SSSR count). The molecule has 0 amide bonds. The summed E-state index contributed by atoms with van der Waals surface area (Å²) in [6, 6.07) is 9.83. The number of aromatic nitrogens is 2. The lowest BCUT2D eigenvalue weighted by atomic mass is 9.90. The van der Waals surface area contributed by atoms with Crippen LogP contribution in [0.3, 0.4) is 0 Å². The third-order valence-corrected chi connectivity index (χ3v) is 8.47. The van der Waals surface area contributed by atoms with E-state index in [-0.39, 0.29) is 17.7 Å². The van der Waals surface area contributed by atoms with Gasteiger partial charge < -0.3 is 10.5 Å². The summed E-state index contributed by atoms with van der Waals surface area (Å²) in [7, 11) is -2.96. The highest BCUT2D eigenvalue weighted by Gasteiger charge is 2.33. The van der Waals surface area contributed by atoms with E-state index in [1.807, 2.05) is 42.1 Å². The Kier molecular flexibility index (Phi) is 7.77. The van der Waals surface area contributed by atoms with Gasteiger partial charge in [-0.3, -0.25) is 4.68 Å². The van der Waals surface area contributed by atoms with Crippen LogP contribution in [0.2, 0.25) is 0 Å². The average molecular weight is 436 g/mol. The Balaban J connectivity index is 0.000000252. The van der Waals surface area contributed by atoms with E-state index in [1.165, 1.54) is 12.2 Å². The van der Waals surface area contributed by atoms with Crippen LogP contribution in [0.25, 0.3) is 0 Å². The van der Waals surface area contributed by atoms with Crippen LogP contribution in [0.5, 0.6) is 0 Å². The zero-order valence-electron chi connectivity index (χ0n) is 16.5. The summed E-state index contributed by atoms with van der Waals surface area (Å²) >= 11 is 1.90. The second kappa shape index (κ2) is 10.3. The fourth-order valence-corrected chi connectivity index (χ4v) is 6.84. The van der Waals surface area contributed by atoms with Crippen molar-refractivity contribution in [2.45, 2.75) is 31.7 Å². The third kappa shape index (κ3) is 6.34. The molecule has 0 radical (unpaired) electrons. The molecule has 3 heterocycles. The first-order valence-electron chi connectivity index (χ1n) is 10.1. The number of hydrogen-bond acceptors (Lipinski definition) is 6. The van der Waals surface area contributed by atoms with Crippen molar-refractivity contribution in [2.24, 2.45) is 11.8 Å². The molecule has 3 atom stereocenters. The first-order valence-corrected chi connectivity index (χ1v) is 13.0. The molecule has 2 fully saturated rings. The maximum absolute atomic E-state index is 12.0. The summed E-state index contributed by atoms with van der Waals surface area (Å²) in [5.41, 5.74) is 7.44. The number of rotatable bonds is 4. The van der Waals surface area contributed by atoms with Crippen LogP contribution in [0.1, 0.15) is 37.3 Å². The Morgan fingerprint density at radius 1 is 1.21 bits per heavy atom. The summed E-state index contributed by atoms with van der Waals surface area (Å²) in [5, 5.41) is 4.31. The topological polar surface area (TPSA) is 95.0 Å². The minimum Gasteiger partial charge on any atom is -0.396 e. The fraction of sp³-hybridized carbons (Fsp3) is 0.524. The second-order valence-corrected chi connectivity index (χ2v) is 11.1. The monoisotopic (exact) mass is 435 g/mol. The van der Waals surface area contributed by atoms with E-state index in [0.29, 0.717) is 23.8 Å². The van der Waals surface area contributed by atoms with E-state index >= 15 is 0 Å². The Hall–Kier alpha value is -1.80. The number of carbonyl (C=O) groups is 1. The van der Waals surface area contributed by atoms with Crippen LogP contribution in [-0.4, -0.2) is 47.5 Å². The largest absolute Gasteiger partial charge is 0.396 e. The van der Waals surface area contributed by atoms with Gasteiger partial charge in [0, 0.05) is 17.9 Å². The molecule has 8 heteroatoms. The first kappa shape index (κ1) is 21.9. The highest BCUT2D eigenvalue weighted by molar-refractivity contribution is 7.99. The maximum atomic E-state index is 12.0. The lowest BCUT2D eigenvalue weighted by Crippen LogP contribution is -2.32. The van der Waals surface area contributed by atoms with Gasteiger partial charge in [0.15, 0.2) is 9.84 Å². The van der Waals surface area contributed by atoms with Gasteiger partial charge in [0.05, 0.1) is 29.4 Å². The number of sulfone groups is 1. The van der Waals surface area contributed by atoms with Crippen molar-refractivity contribution in [1.29, 1.82) is 0 Å². The third-order valence-electron chi connectivity index (χ3n) is 5.38. The minimum atomic E-state index is -2.96. The van der Waals surface area contributed by atoms with Gasteiger partial charge >= 0.3 is 0 Å². The predicted octanol–water partition coefficient (Wildman–Crippen LogP) is 3.21. The minimum absolute atomic E-state index is 0.0328. The number of carbonyl (C=O) groups excluding carboxylic acids is 1. The molecule has 2 aliphatic rings. The second-order valence-electron chi connectivity index (χ2n) is 7.74. The first-order chi connectivity index (χ1) is 14.0. The number of nitrogens with zero attached hydrogens (tertiary/aromatic N) is 2. The summed E-state index contributed by atoms with van der Waals surface area (Å²) in [4.78, 5) is 10.1. The Morgan fingerprint density at radius 2 is 2.00 bits per heavy atom. The van der Waals surface area contributed by atoms with E-state index in [9.17, 15) is 13.2 Å². The quantitative estimate of drug-likeness (QED) is 0.741. The molecule has 2 saturated heterocycles. The highest BCUT2D eigenvalue weighted by atomic mass is 32.2. The predicted molar refractivity (Wildman–Crippen MR) is 119 cm³/mol. The van der Waals surface area contributed by atoms with E-state index in [1.54, 1.807) is 17.1 Å². The Morgan fingerprint density at radius 3 is 2.55 bits per heavy atom. The van der Waals surface area contributed by atoms with Crippen LogP contribution >= 0.6 is 11.8 Å². The van der Waals surface area contributed by atoms with Gasteiger partial charge in [-0.25, -0.2) is 8.42 Å². The summed E-state index contributed by atoms with van der Waals surface area (Å²) in [6.07, 6.45) is 8.43. The molecule has 6 nitrogen and oxygen atoms in total. The highest BCUT2D eigenvalue weighted by Crippen LogP contribution is 2.34. The molecule has 1 aromatic carbocycles. The van der Waals surface area contributed by atoms with E-state index < -0.39 is 9.84 Å². The number of nitrogens with two attached hydrogens (primary N) is 1. The SMILES string of the molecule is Nc1cnn(C(c2ccccc2)C2CCCS(=O)(=O)C2)c1.O=CC1CCCSC1. The average Bonchev–Trinajstić information content (AvgIpc) is 3.15. The van der Waals surface area contributed by atoms with E-state index in [4.69, 9.17) is 5.73 Å². The molecule has 3 unspecified atom stereocenters. The summed E-state index contributed by atoms with van der Waals surface area (Å²) < 4.78 is 25.8. The Labute approximate surface area is 177 Å². The van der Waals surface area contributed by atoms with E-state index in [0.717, 1.165) is 30.4 Å². The van der Waals surface area contributed by atoms with Crippen LogP contribution in [-0.2, 0) is 14.6 Å². The number of anilines is 1. The van der Waals surface area contributed by atoms with Gasteiger partial charge in [0.2, 0.25) is 0 Å². The number of nitrogen functional groups attached to an aromatic ring is 1. The molecule has 2 aromatic rings. The van der Waals surface area contributed by atoms with Gasteiger partial charge in [0.25, 0.3) is 0 Å². The van der Waals surface area contributed by atoms with Gasteiger partial charge in [-0.15, -0.1) is 0 Å². The van der Waals surface area contributed by atoms with Crippen molar-refractivity contribution in [3.05, 3.63) is 48.3 Å². The summed E-state index contributed by atoms with van der Waals surface area (Å²) in [5.74, 6) is 3.23. The smallest absolute Gasteiger partial charge is 0.150 e. The van der Waals surface area contributed by atoms with Crippen molar-refractivity contribution in [2.75, 3.05) is 28.7 Å². The lowest BCUT2D eigenvalue weighted by molar-refractivity contribution is -0.110. The molecule has 29 heavy (non-hydrogen) atoms. The lowest BCUT2D eigenvalue weighted by Gasteiger charge is -2.30. The number of aldehydes is 1. The van der Waals surface area contributed by atoms with Crippen molar-refractivity contribution < 1.29 is 13.2 Å². The van der Waals surface area contributed by atoms with Crippen molar-refractivity contribution in [3.63, 3.8) is 0 Å². The number of hydrogen-bond donors (Lipinski definition) is 1. The van der Waals surface area contributed by atoms with Crippen molar-refractivity contribution >= 4 is 33.6 Å². The van der Waals surface area contributed by atoms with Crippen LogP contribution < -0.4 is 5.73 Å². The molecule has 2 aliphatic heterocycles. The van der Waals surface area contributed by atoms with Crippen LogP contribution in [0.4, 0.5) is 5.69 Å². The van der Waals surface area contributed by atoms with Crippen molar-refractivity contribution in [1.82, 2.24) is 9.78 Å². The van der Waals surface area contributed by atoms with Crippen LogP contribution in [0, 0.1) is 11.8 Å². The van der Waals surface area contributed by atoms with Gasteiger partial charge in [0.1, 0.15) is 6.29 Å².